The van der Waals surface area contributed by atoms with Gasteiger partial charge in [-0.15, -0.1) is 0 Å². The van der Waals surface area contributed by atoms with Crippen molar-refractivity contribution in [2.24, 2.45) is 0 Å². The lowest BCUT2D eigenvalue weighted by Crippen LogP contribution is -2.02. The normalized spacial score (nSPS) is 10.5. The van der Waals surface area contributed by atoms with Crippen LogP contribution in [0, 0.1) is 12.7 Å². The number of halogens is 2. The summed E-state index contributed by atoms with van der Waals surface area (Å²) >= 11 is 5.84. The summed E-state index contributed by atoms with van der Waals surface area (Å²) in [7, 11) is 0. The quantitative estimate of drug-likeness (QED) is 0.778. The minimum absolute atomic E-state index is 0.103. The Morgan fingerprint density at radius 1 is 1.35 bits per heavy atom. The Balaban J connectivity index is 2.18. The SMILES string of the molecule is Cc1ccc(C(=O)Cc2ccc(F)cc2Cl)o1. The van der Waals surface area contributed by atoms with Crippen LogP contribution in [0.4, 0.5) is 4.39 Å². The van der Waals surface area contributed by atoms with Gasteiger partial charge in [0, 0.05) is 11.4 Å². The van der Waals surface area contributed by atoms with E-state index in [0.29, 0.717) is 17.1 Å². The van der Waals surface area contributed by atoms with Crippen molar-refractivity contribution in [1.29, 1.82) is 0 Å². The van der Waals surface area contributed by atoms with Crippen LogP contribution in [-0.2, 0) is 6.42 Å². The monoisotopic (exact) mass is 252 g/mol. The maximum atomic E-state index is 12.8. The highest BCUT2D eigenvalue weighted by Crippen LogP contribution is 2.19. The van der Waals surface area contributed by atoms with Crippen LogP contribution in [0.2, 0.25) is 5.02 Å². The highest BCUT2D eigenvalue weighted by atomic mass is 35.5. The fourth-order valence-electron chi connectivity index (χ4n) is 1.51. The third-order valence-corrected chi connectivity index (χ3v) is 2.73. The molecule has 1 aromatic heterocycles. The molecule has 0 aliphatic rings. The van der Waals surface area contributed by atoms with E-state index in [4.69, 9.17) is 16.0 Å². The molecule has 2 rings (SSSR count). The van der Waals surface area contributed by atoms with Crippen LogP contribution in [0.15, 0.2) is 34.7 Å². The van der Waals surface area contributed by atoms with Gasteiger partial charge in [0.15, 0.2) is 5.76 Å². The van der Waals surface area contributed by atoms with Crippen molar-refractivity contribution in [3.05, 3.63) is 58.3 Å². The van der Waals surface area contributed by atoms with Gasteiger partial charge in [-0.3, -0.25) is 4.79 Å². The van der Waals surface area contributed by atoms with Crippen LogP contribution < -0.4 is 0 Å². The van der Waals surface area contributed by atoms with Gasteiger partial charge in [0.25, 0.3) is 0 Å². The number of aryl methyl sites for hydroxylation is 1. The van der Waals surface area contributed by atoms with Crippen LogP contribution in [0.25, 0.3) is 0 Å². The number of hydrogen-bond donors (Lipinski definition) is 0. The number of rotatable bonds is 3. The summed E-state index contributed by atoms with van der Waals surface area (Å²) in [5, 5.41) is 0.252. The van der Waals surface area contributed by atoms with Crippen molar-refractivity contribution in [3.63, 3.8) is 0 Å². The zero-order valence-electron chi connectivity index (χ0n) is 9.17. The van der Waals surface area contributed by atoms with Gasteiger partial charge in [-0.1, -0.05) is 17.7 Å². The second kappa shape index (κ2) is 4.72. The van der Waals surface area contributed by atoms with Crippen molar-refractivity contribution in [1.82, 2.24) is 0 Å². The third kappa shape index (κ3) is 2.74. The molecular weight excluding hydrogens is 243 g/mol. The first kappa shape index (κ1) is 11.9. The average molecular weight is 253 g/mol. The molecule has 0 aliphatic carbocycles. The highest BCUT2D eigenvalue weighted by molar-refractivity contribution is 6.31. The fourth-order valence-corrected chi connectivity index (χ4v) is 1.74. The van der Waals surface area contributed by atoms with E-state index in [-0.39, 0.29) is 17.2 Å². The Morgan fingerprint density at radius 2 is 2.12 bits per heavy atom. The van der Waals surface area contributed by atoms with Gasteiger partial charge in [-0.25, -0.2) is 4.39 Å². The van der Waals surface area contributed by atoms with E-state index in [1.807, 2.05) is 0 Å². The van der Waals surface area contributed by atoms with E-state index < -0.39 is 5.82 Å². The first-order valence-corrected chi connectivity index (χ1v) is 5.47. The number of benzene rings is 1. The molecule has 2 aromatic rings. The molecule has 0 N–H and O–H groups in total. The Labute approximate surface area is 103 Å². The zero-order chi connectivity index (χ0) is 12.4. The van der Waals surface area contributed by atoms with Crippen LogP contribution in [0.3, 0.4) is 0 Å². The number of carbonyl (C=O) groups is 1. The molecule has 1 aromatic carbocycles. The van der Waals surface area contributed by atoms with Crippen LogP contribution in [-0.4, -0.2) is 5.78 Å². The van der Waals surface area contributed by atoms with Crippen molar-refractivity contribution < 1.29 is 13.6 Å². The second-order valence-corrected chi connectivity index (χ2v) is 4.15. The zero-order valence-corrected chi connectivity index (χ0v) is 9.92. The molecule has 0 atom stereocenters. The summed E-state index contributed by atoms with van der Waals surface area (Å²) in [6.07, 6.45) is 0.103. The summed E-state index contributed by atoms with van der Waals surface area (Å²) in [6, 6.07) is 7.32. The van der Waals surface area contributed by atoms with E-state index >= 15 is 0 Å². The molecule has 0 bridgehead atoms. The van der Waals surface area contributed by atoms with Gasteiger partial charge in [-0.05, 0) is 36.8 Å². The molecule has 0 fully saturated rings. The average Bonchev–Trinajstić information content (AvgIpc) is 2.69. The summed E-state index contributed by atoms with van der Waals surface area (Å²) in [5.74, 6) is 0.382. The van der Waals surface area contributed by atoms with E-state index in [0.717, 1.165) is 0 Å². The van der Waals surface area contributed by atoms with E-state index in [2.05, 4.69) is 0 Å². The van der Waals surface area contributed by atoms with Gasteiger partial charge < -0.3 is 4.42 Å². The standard InChI is InChI=1S/C13H10ClFO2/c1-8-2-5-13(17-8)12(16)6-9-3-4-10(15)7-11(9)14/h2-5,7H,6H2,1H3. The predicted octanol–water partition coefficient (Wildman–Crippen LogP) is 3.81. The Morgan fingerprint density at radius 3 is 2.71 bits per heavy atom. The van der Waals surface area contributed by atoms with E-state index in [9.17, 15) is 9.18 Å². The molecular formula is C13H10ClFO2. The number of Topliss-reactive ketones (excluding diaryl/α,β-unsaturated/α-hetero) is 1. The second-order valence-electron chi connectivity index (χ2n) is 3.75. The molecule has 0 aliphatic heterocycles. The highest BCUT2D eigenvalue weighted by Gasteiger charge is 2.13. The van der Waals surface area contributed by atoms with Crippen LogP contribution >= 0.6 is 11.6 Å². The Bertz CT molecular complexity index is 560. The smallest absolute Gasteiger partial charge is 0.202 e. The van der Waals surface area contributed by atoms with E-state index in [1.54, 1.807) is 19.1 Å². The van der Waals surface area contributed by atoms with Gasteiger partial charge in [0.2, 0.25) is 5.78 Å². The lowest BCUT2D eigenvalue weighted by atomic mass is 10.1. The molecule has 17 heavy (non-hydrogen) atoms. The Kier molecular flexibility index (Phi) is 3.29. The molecule has 0 saturated carbocycles. The van der Waals surface area contributed by atoms with Gasteiger partial charge in [0.05, 0.1) is 0 Å². The van der Waals surface area contributed by atoms with Crippen molar-refractivity contribution in [2.45, 2.75) is 13.3 Å². The lowest BCUT2D eigenvalue weighted by molar-refractivity contribution is 0.0965. The molecule has 0 spiro atoms. The first-order valence-electron chi connectivity index (χ1n) is 5.10. The molecule has 0 saturated heterocycles. The number of furan rings is 1. The largest absolute Gasteiger partial charge is 0.458 e. The summed E-state index contributed by atoms with van der Waals surface area (Å²) in [6.45, 7) is 1.77. The van der Waals surface area contributed by atoms with Crippen LogP contribution in [0.1, 0.15) is 21.9 Å². The molecule has 2 nitrogen and oxygen atoms in total. The minimum atomic E-state index is -0.417. The molecule has 0 radical (unpaired) electrons. The summed E-state index contributed by atoms with van der Waals surface area (Å²) in [4.78, 5) is 11.8. The number of hydrogen-bond acceptors (Lipinski definition) is 2. The number of ketones is 1. The van der Waals surface area contributed by atoms with Crippen molar-refractivity contribution in [3.8, 4) is 0 Å². The maximum absolute atomic E-state index is 12.8. The first-order chi connectivity index (χ1) is 8.06. The van der Waals surface area contributed by atoms with E-state index in [1.165, 1.54) is 18.2 Å². The lowest BCUT2D eigenvalue weighted by Gasteiger charge is -2.02. The van der Waals surface area contributed by atoms with Crippen molar-refractivity contribution >= 4 is 17.4 Å². The molecule has 0 unspecified atom stereocenters. The Hall–Kier alpha value is -1.61. The topological polar surface area (TPSA) is 30.2 Å². The molecule has 1 heterocycles. The molecule has 4 heteroatoms. The maximum Gasteiger partial charge on any atom is 0.202 e. The fraction of sp³-hybridized carbons (Fsp3) is 0.154. The number of carbonyl (C=O) groups excluding carboxylic acids is 1. The summed E-state index contributed by atoms with van der Waals surface area (Å²) in [5.41, 5.74) is 0.590. The third-order valence-electron chi connectivity index (χ3n) is 2.38. The van der Waals surface area contributed by atoms with Gasteiger partial charge in [-0.2, -0.15) is 0 Å². The minimum Gasteiger partial charge on any atom is -0.458 e. The molecule has 0 amide bonds. The molecule has 88 valence electrons. The predicted molar refractivity (Wildman–Crippen MR) is 62.9 cm³/mol. The van der Waals surface area contributed by atoms with Gasteiger partial charge >= 0.3 is 0 Å². The summed E-state index contributed by atoms with van der Waals surface area (Å²) < 4.78 is 18.0. The van der Waals surface area contributed by atoms with Gasteiger partial charge in [0.1, 0.15) is 11.6 Å². The van der Waals surface area contributed by atoms with Crippen LogP contribution in [0.5, 0.6) is 0 Å². The van der Waals surface area contributed by atoms with Crippen molar-refractivity contribution in [2.75, 3.05) is 0 Å².